The molecule has 0 atom stereocenters. The Labute approximate surface area is 166 Å². The first-order valence-electron chi connectivity index (χ1n) is 9.13. The van der Waals surface area contributed by atoms with Crippen LogP contribution in [0.5, 0.6) is 11.5 Å². The number of aromatic nitrogens is 3. The summed E-state index contributed by atoms with van der Waals surface area (Å²) in [6.07, 6.45) is 0. The number of carboxylic acids is 1. The molecule has 0 saturated carbocycles. The van der Waals surface area contributed by atoms with Gasteiger partial charge >= 0.3 is 5.97 Å². The van der Waals surface area contributed by atoms with Gasteiger partial charge in [-0.1, -0.05) is 29.8 Å². The number of aryl methyl sites for hydroxylation is 1. The van der Waals surface area contributed by atoms with Crippen LogP contribution in [-0.2, 0) is 0 Å². The quantitative estimate of drug-likeness (QED) is 0.467. The van der Waals surface area contributed by atoms with Crippen molar-refractivity contribution in [1.82, 2.24) is 15.2 Å². The number of carbonyl (C=O) groups is 1. The summed E-state index contributed by atoms with van der Waals surface area (Å²) in [7, 11) is 0. The highest BCUT2D eigenvalue weighted by Gasteiger charge is 2.20. The summed E-state index contributed by atoms with van der Waals surface area (Å²) in [4.78, 5) is 16.6. The minimum Gasteiger partial charge on any atom is -0.504 e. The van der Waals surface area contributed by atoms with Crippen molar-refractivity contribution >= 4 is 17.0 Å². The Morgan fingerprint density at radius 2 is 1.83 bits per heavy atom. The lowest BCUT2D eigenvalue weighted by Crippen LogP contribution is -2.00. The smallest absolute Gasteiger partial charge is 0.336 e. The molecule has 2 heterocycles. The number of nitrogens with one attached hydrogen (secondary N) is 1. The molecule has 0 saturated heterocycles. The number of ether oxygens (including phenoxy) is 1. The van der Waals surface area contributed by atoms with E-state index in [-0.39, 0.29) is 11.3 Å². The van der Waals surface area contributed by atoms with Crippen LogP contribution < -0.4 is 4.74 Å². The molecule has 2 aromatic heterocycles. The first-order chi connectivity index (χ1) is 14.0. The third-order valence-corrected chi connectivity index (χ3v) is 4.65. The largest absolute Gasteiger partial charge is 0.504 e. The van der Waals surface area contributed by atoms with Crippen molar-refractivity contribution in [2.75, 3.05) is 6.61 Å². The number of aromatic hydroxyl groups is 1. The molecule has 29 heavy (non-hydrogen) atoms. The van der Waals surface area contributed by atoms with E-state index in [1.54, 1.807) is 12.1 Å². The zero-order valence-corrected chi connectivity index (χ0v) is 15.9. The molecule has 0 amide bonds. The van der Waals surface area contributed by atoms with Crippen LogP contribution in [0.25, 0.3) is 33.5 Å². The maximum absolute atomic E-state index is 12.0. The summed E-state index contributed by atoms with van der Waals surface area (Å²) in [5.74, 6) is -0.750. The van der Waals surface area contributed by atoms with Crippen LogP contribution in [0.3, 0.4) is 0 Å². The van der Waals surface area contributed by atoms with E-state index in [0.717, 1.165) is 11.1 Å². The maximum atomic E-state index is 12.0. The minimum absolute atomic E-state index is 0.0107. The van der Waals surface area contributed by atoms with Crippen LogP contribution in [-0.4, -0.2) is 38.0 Å². The normalized spacial score (nSPS) is 11.0. The highest BCUT2D eigenvalue weighted by molar-refractivity contribution is 6.08. The van der Waals surface area contributed by atoms with Gasteiger partial charge < -0.3 is 14.9 Å². The molecule has 0 unspecified atom stereocenters. The standard InChI is InChI=1S/C22H19N3O4/c1-3-29-18-10-14(8-9-17(18)26)16-11-15(22(27)28)19-20(24-25-21(19)23-16)13-6-4-12(2)5-7-13/h4-11,26H,3H2,1-2H3,(H,27,28)(H,23,24,25). The Balaban J connectivity index is 1.90. The highest BCUT2D eigenvalue weighted by atomic mass is 16.5. The molecule has 146 valence electrons. The van der Waals surface area contributed by atoms with Crippen molar-refractivity contribution in [2.24, 2.45) is 0 Å². The van der Waals surface area contributed by atoms with Crippen molar-refractivity contribution in [3.8, 4) is 34.0 Å². The van der Waals surface area contributed by atoms with E-state index >= 15 is 0 Å². The Bertz CT molecular complexity index is 1210. The van der Waals surface area contributed by atoms with E-state index in [2.05, 4.69) is 15.2 Å². The zero-order chi connectivity index (χ0) is 20.5. The minimum atomic E-state index is -1.07. The predicted molar refractivity (Wildman–Crippen MR) is 109 cm³/mol. The van der Waals surface area contributed by atoms with Gasteiger partial charge in [0.1, 0.15) is 0 Å². The summed E-state index contributed by atoms with van der Waals surface area (Å²) >= 11 is 0. The second-order valence-electron chi connectivity index (χ2n) is 6.64. The van der Waals surface area contributed by atoms with Gasteiger partial charge in [-0.25, -0.2) is 9.78 Å². The van der Waals surface area contributed by atoms with Crippen LogP contribution in [0.4, 0.5) is 0 Å². The number of phenols is 1. The highest BCUT2D eigenvalue weighted by Crippen LogP contribution is 2.34. The zero-order valence-electron chi connectivity index (χ0n) is 15.9. The van der Waals surface area contributed by atoms with E-state index in [4.69, 9.17) is 4.74 Å². The average Bonchev–Trinajstić information content (AvgIpc) is 3.13. The molecule has 0 aliphatic heterocycles. The number of benzene rings is 2. The summed E-state index contributed by atoms with van der Waals surface area (Å²) in [6, 6.07) is 14.0. The molecule has 0 radical (unpaired) electrons. The summed E-state index contributed by atoms with van der Waals surface area (Å²) in [5, 5.41) is 27.4. The van der Waals surface area contributed by atoms with Gasteiger partial charge in [-0.2, -0.15) is 5.10 Å². The van der Waals surface area contributed by atoms with Crippen molar-refractivity contribution in [3.63, 3.8) is 0 Å². The number of hydrogen-bond donors (Lipinski definition) is 3. The van der Waals surface area contributed by atoms with Crippen LogP contribution >= 0.6 is 0 Å². The van der Waals surface area contributed by atoms with E-state index in [9.17, 15) is 15.0 Å². The number of fused-ring (bicyclic) bond motifs is 1. The van der Waals surface area contributed by atoms with Crippen LogP contribution in [0.1, 0.15) is 22.8 Å². The molecule has 7 heteroatoms. The molecular weight excluding hydrogens is 370 g/mol. The molecule has 4 aromatic rings. The number of phenolic OH excluding ortho intramolecular Hbond substituents is 1. The lowest BCUT2D eigenvalue weighted by molar-refractivity contribution is 0.0699. The van der Waals surface area contributed by atoms with Crippen molar-refractivity contribution in [3.05, 3.63) is 59.7 Å². The lowest BCUT2D eigenvalue weighted by atomic mass is 10.0. The third-order valence-electron chi connectivity index (χ3n) is 4.65. The first kappa shape index (κ1) is 18.5. The topological polar surface area (TPSA) is 108 Å². The van der Waals surface area contributed by atoms with Crippen LogP contribution in [0, 0.1) is 6.92 Å². The molecule has 0 fully saturated rings. The predicted octanol–water partition coefficient (Wildman–Crippen LogP) is 4.40. The molecule has 3 N–H and O–H groups in total. The summed E-state index contributed by atoms with van der Waals surface area (Å²) in [6.45, 7) is 4.19. The van der Waals surface area contributed by atoms with Gasteiger partial charge in [-0.05, 0) is 38.1 Å². The fourth-order valence-electron chi connectivity index (χ4n) is 3.21. The van der Waals surface area contributed by atoms with Gasteiger partial charge in [-0.15, -0.1) is 0 Å². The summed E-state index contributed by atoms with van der Waals surface area (Å²) < 4.78 is 5.42. The number of pyridine rings is 1. The van der Waals surface area contributed by atoms with Gasteiger partial charge in [-0.3, -0.25) is 5.10 Å². The van der Waals surface area contributed by atoms with E-state index in [1.165, 1.54) is 12.1 Å². The van der Waals surface area contributed by atoms with Gasteiger partial charge in [0.25, 0.3) is 0 Å². The first-order valence-corrected chi connectivity index (χ1v) is 9.13. The van der Waals surface area contributed by atoms with Crippen molar-refractivity contribution in [1.29, 1.82) is 0 Å². The van der Waals surface area contributed by atoms with Crippen LogP contribution in [0.15, 0.2) is 48.5 Å². The summed E-state index contributed by atoms with van der Waals surface area (Å²) in [5.41, 5.74) is 4.00. The third kappa shape index (κ3) is 3.38. The fraction of sp³-hybridized carbons (Fsp3) is 0.136. The van der Waals surface area contributed by atoms with Crippen LogP contribution in [0.2, 0.25) is 0 Å². The average molecular weight is 389 g/mol. The number of aromatic carboxylic acids is 1. The van der Waals surface area contributed by atoms with E-state index in [0.29, 0.717) is 40.3 Å². The maximum Gasteiger partial charge on any atom is 0.336 e. The second kappa shape index (κ2) is 7.27. The van der Waals surface area contributed by atoms with Gasteiger partial charge in [0.15, 0.2) is 17.1 Å². The molecule has 2 aromatic carbocycles. The number of nitrogens with zero attached hydrogens (tertiary/aromatic N) is 2. The van der Waals surface area contributed by atoms with Gasteiger partial charge in [0.2, 0.25) is 0 Å². The van der Waals surface area contributed by atoms with Crippen molar-refractivity contribution < 1.29 is 19.7 Å². The lowest BCUT2D eigenvalue weighted by Gasteiger charge is -2.09. The Morgan fingerprint density at radius 3 is 2.52 bits per heavy atom. The van der Waals surface area contributed by atoms with Gasteiger partial charge in [0.05, 0.1) is 28.9 Å². The number of H-pyrrole nitrogens is 1. The van der Waals surface area contributed by atoms with E-state index < -0.39 is 5.97 Å². The number of rotatable bonds is 5. The molecule has 7 nitrogen and oxygen atoms in total. The van der Waals surface area contributed by atoms with Crippen molar-refractivity contribution in [2.45, 2.75) is 13.8 Å². The molecule has 0 aliphatic rings. The monoisotopic (exact) mass is 389 g/mol. The SMILES string of the molecule is CCOc1cc(-c2cc(C(=O)O)c3c(-c4ccc(C)cc4)[nH]nc3n2)ccc1O. The Kier molecular flexibility index (Phi) is 4.64. The number of aromatic amines is 1. The van der Waals surface area contributed by atoms with E-state index in [1.807, 2.05) is 38.1 Å². The second-order valence-corrected chi connectivity index (χ2v) is 6.64. The fourth-order valence-corrected chi connectivity index (χ4v) is 3.21. The van der Waals surface area contributed by atoms with Gasteiger partial charge in [0, 0.05) is 11.1 Å². The Hall–Kier alpha value is -3.87. The molecule has 0 aliphatic carbocycles. The number of carboxylic acid groups (broad SMARTS) is 1. The molecule has 4 rings (SSSR count). The number of hydrogen-bond acceptors (Lipinski definition) is 5. The molecule has 0 bridgehead atoms. The molecule has 0 spiro atoms. The Morgan fingerprint density at radius 1 is 1.10 bits per heavy atom. The molecular formula is C22H19N3O4.